The zero-order valence-corrected chi connectivity index (χ0v) is 11.7. The Kier molecular flexibility index (Phi) is 3.33. The zero-order chi connectivity index (χ0) is 13.9. The highest BCUT2D eigenvalue weighted by atomic mass is 15.3. The Balaban J connectivity index is 1.70. The summed E-state index contributed by atoms with van der Waals surface area (Å²) >= 11 is 0. The van der Waals surface area contributed by atoms with Crippen LogP contribution in [0, 0.1) is 13.8 Å². The molecule has 1 aromatic carbocycles. The lowest BCUT2D eigenvalue weighted by Gasteiger charge is -2.08. The summed E-state index contributed by atoms with van der Waals surface area (Å²) < 4.78 is 1.94. The number of benzene rings is 1. The van der Waals surface area contributed by atoms with E-state index in [1.165, 1.54) is 5.56 Å². The molecular formula is C15H17N5. The molecule has 0 aliphatic rings. The van der Waals surface area contributed by atoms with Crippen LogP contribution in [0.3, 0.4) is 0 Å². The predicted octanol–water partition coefficient (Wildman–Crippen LogP) is 2.40. The Morgan fingerprint density at radius 2 is 2.00 bits per heavy atom. The van der Waals surface area contributed by atoms with Gasteiger partial charge in [-0.05, 0) is 25.5 Å². The number of rotatable bonds is 4. The first-order valence-corrected chi connectivity index (χ1v) is 6.70. The van der Waals surface area contributed by atoms with E-state index in [0.29, 0.717) is 0 Å². The van der Waals surface area contributed by atoms with Crippen LogP contribution in [-0.4, -0.2) is 26.1 Å². The van der Waals surface area contributed by atoms with E-state index in [2.05, 4.69) is 39.6 Å². The minimum Gasteiger partial charge on any atom is -0.384 e. The molecule has 0 fully saturated rings. The zero-order valence-electron chi connectivity index (χ0n) is 11.7. The Labute approximate surface area is 117 Å². The monoisotopic (exact) mass is 267 g/mol. The number of aryl methyl sites for hydroxylation is 2. The van der Waals surface area contributed by atoms with Crippen molar-refractivity contribution in [2.75, 3.05) is 11.9 Å². The highest BCUT2D eigenvalue weighted by Gasteiger charge is 2.05. The molecule has 0 bridgehead atoms. The van der Waals surface area contributed by atoms with Crippen molar-refractivity contribution in [1.29, 1.82) is 0 Å². The molecule has 102 valence electrons. The number of para-hydroxylation sites is 1. The van der Waals surface area contributed by atoms with Crippen LogP contribution in [0.25, 0.3) is 5.65 Å². The van der Waals surface area contributed by atoms with Gasteiger partial charge in [0, 0.05) is 30.4 Å². The quantitative estimate of drug-likeness (QED) is 0.788. The molecule has 3 rings (SSSR count). The van der Waals surface area contributed by atoms with Crippen LogP contribution in [0.15, 0.2) is 36.7 Å². The van der Waals surface area contributed by atoms with Crippen LogP contribution in [-0.2, 0) is 6.42 Å². The Hall–Kier alpha value is -2.43. The van der Waals surface area contributed by atoms with Gasteiger partial charge in [-0.2, -0.15) is 0 Å². The largest absolute Gasteiger partial charge is 0.384 e. The molecular weight excluding hydrogens is 250 g/mol. The fraction of sp³-hybridized carbons (Fsp3) is 0.267. The van der Waals surface area contributed by atoms with Crippen molar-refractivity contribution in [2.45, 2.75) is 20.3 Å². The van der Waals surface area contributed by atoms with E-state index in [-0.39, 0.29) is 0 Å². The average molecular weight is 267 g/mol. The van der Waals surface area contributed by atoms with Crippen LogP contribution in [0.1, 0.15) is 17.1 Å². The first kappa shape index (κ1) is 12.6. The lowest BCUT2D eigenvalue weighted by molar-refractivity contribution is 0.859. The second-order valence-electron chi connectivity index (χ2n) is 4.87. The fourth-order valence-corrected chi connectivity index (χ4v) is 2.19. The van der Waals surface area contributed by atoms with Crippen LogP contribution in [0.2, 0.25) is 0 Å². The second-order valence-corrected chi connectivity index (χ2v) is 4.87. The molecule has 1 N–H and O–H groups in total. The van der Waals surface area contributed by atoms with Gasteiger partial charge in [-0.3, -0.25) is 4.40 Å². The van der Waals surface area contributed by atoms with Crippen LogP contribution < -0.4 is 5.32 Å². The fourth-order valence-electron chi connectivity index (χ4n) is 2.19. The van der Waals surface area contributed by atoms with Crippen molar-refractivity contribution in [2.24, 2.45) is 0 Å². The Morgan fingerprint density at radius 1 is 1.15 bits per heavy atom. The lowest BCUT2D eigenvalue weighted by atomic mass is 10.2. The summed E-state index contributed by atoms with van der Waals surface area (Å²) in [6.07, 6.45) is 2.59. The Bertz CT molecular complexity index is 732. The minimum absolute atomic E-state index is 0.806. The molecule has 20 heavy (non-hydrogen) atoms. The summed E-state index contributed by atoms with van der Waals surface area (Å²) in [6, 6.07) is 10.2. The van der Waals surface area contributed by atoms with E-state index in [0.717, 1.165) is 35.8 Å². The molecule has 2 heterocycles. The molecule has 0 aliphatic heterocycles. The van der Waals surface area contributed by atoms with E-state index in [1.807, 2.05) is 29.5 Å². The summed E-state index contributed by atoms with van der Waals surface area (Å²) in [7, 11) is 0. The van der Waals surface area contributed by atoms with Gasteiger partial charge in [0.2, 0.25) is 0 Å². The van der Waals surface area contributed by atoms with Gasteiger partial charge in [0.1, 0.15) is 12.2 Å². The van der Waals surface area contributed by atoms with E-state index in [1.54, 1.807) is 6.33 Å². The second kappa shape index (κ2) is 5.28. The van der Waals surface area contributed by atoms with E-state index < -0.39 is 0 Å². The van der Waals surface area contributed by atoms with Gasteiger partial charge in [0.15, 0.2) is 5.65 Å². The van der Waals surface area contributed by atoms with Crippen molar-refractivity contribution in [1.82, 2.24) is 19.6 Å². The molecule has 0 aliphatic carbocycles. The average Bonchev–Trinajstić information content (AvgIpc) is 2.83. The lowest BCUT2D eigenvalue weighted by Crippen LogP contribution is -2.08. The van der Waals surface area contributed by atoms with Gasteiger partial charge in [0.05, 0.1) is 0 Å². The molecule has 0 atom stereocenters. The molecule has 0 unspecified atom stereocenters. The molecule has 0 saturated heterocycles. The maximum Gasteiger partial charge on any atom is 0.163 e. The van der Waals surface area contributed by atoms with E-state index in [4.69, 9.17) is 0 Å². The van der Waals surface area contributed by atoms with Gasteiger partial charge in [0.25, 0.3) is 0 Å². The summed E-state index contributed by atoms with van der Waals surface area (Å²) in [4.78, 5) is 4.28. The third-order valence-corrected chi connectivity index (χ3v) is 3.32. The van der Waals surface area contributed by atoms with Crippen molar-refractivity contribution in [3.8, 4) is 0 Å². The SMILES string of the molecule is Cc1cc2nnc(CCNc3ccccc3C)n2cn1. The van der Waals surface area contributed by atoms with Crippen molar-refractivity contribution in [3.63, 3.8) is 0 Å². The van der Waals surface area contributed by atoms with Gasteiger partial charge < -0.3 is 5.32 Å². The number of aromatic nitrogens is 4. The minimum atomic E-state index is 0.806. The number of nitrogens with zero attached hydrogens (tertiary/aromatic N) is 4. The highest BCUT2D eigenvalue weighted by molar-refractivity contribution is 5.50. The van der Waals surface area contributed by atoms with Crippen molar-refractivity contribution in [3.05, 3.63) is 53.7 Å². The molecule has 0 spiro atoms. The first-order chi connectivity index (χ1) is 9.74. The van der Waals surface area contributed by atoms with Crippen molar-refractivity contribution < 1.29 is 0 Å². The first-order valence-electron chi connectivity index (χ1n) is 6.70. The van der Waals surface area contributed by atoms with Gasteiger partial charge in [-0.1, -0.05) is 18.2 Å². The van der Waals surface area contributed by atoms with E-state index in [9.17, 15) is 0 Å². The number of anilines is 1. The molecule has 5 nitrogen and oxygen atoms in total. The smallest absolute Gasteiger partial charge is 0.163 e. The molecule has 2 aromatic heterocycles. The maximum absolute atomic E-state index is 4.28. The molecule has 0 amide bonds. The van der Waals surface area contributed by atoms with Gasteiger partial charge in [-0.25, -0.2) is 4.98 Å². The van der Waals surface area contributed by atoms with E-state index >= 15 is 0 Å². The third-order valence-electron chi connectivity index (χ3n) is 3.32. The molecule has 0 saturated carbocycles. The number of fused-ring (bicyclic) bond motifs is 1. The van der Waals surface area contributed by atoms with Crippen LogP contribution in [0.4, 0.5) is 5.69 Å². The van der Waals surface area contributed by atoms with Crippen LogP contribution >= 0.6 is 0 Å². The molecule has 5 heteroatoms. The Morgan fingerprint density at radius 3 is 2.85 bits per heavy atom. The third kappa shape index (κ3) is 2.47. The highest BCUT2D eigenvalue weighted by Crippen LogP contribution is 2.13. The predicted molar refractivity (Wildman–Crippen MR) is 78.9 cm³/mol. The summed E-state index contributed by atoms with van der Waals surface area (Å²) in [5, 5.41) is 11.8. The molecule has 3 aromatic rings. The number of nitrogens with one attached hydrogen (secondary N) is 1. The number of hydrogen-bond acceptors (Lipinski definition) is 4. The summed E-state index contributed by atoms with van der Waals surface area (Å²) in [6.45, 7) is 4.87. The topological polar surface area (TPSA) is 55.1 Å². The summed E-state index contributed by atoms with van der Waals surface area (Å²) in [5.74, 6) is 0.925. The van der Waals surface area contributed by atoms with Crippen LogP contribution in [0.5, 0.6) is 0 Å². The van der Waals surface area contributed by atoms with Gasteiger partial charge >= 0.3 is 0 Å². The van der Waals surface area contributed by atoms with Crippen molar-refractivity contribution >= 4 is 11.3 Å². The standard InChI is InChI=1S/C15H17N5/c1-11-5-3-4-6-13(11)16-8-7-14-18-19-15-9-12(2)17-10-20(14)15/h3-6,9-10,16H,7-8H2,1-2H3. The summed E-state index contributed by atoms with van der Waals surface area (Å²) in [5.41, 5.74) is 4.21. The maximum atomic E-state index is 4.28. The normalized spacial score (nSPS) is 10.9. The number of hydrogen-bond donors (Lipinski definition) is 1. The van der Waals surface area contributed by atoms with Gasteiger partial charge in [-0.15, -0.1) is 10.2 Å². The molecule has 0 radical (unpaired) electrons.